The number of hydrogen-bond donors (Lipinski definition) is 3. The average molecular weight is 723 g/mol. The van der Waals surface area contributed by atoms with E-state index in [4.69, 9.17) is 9.47 Å². The first-order chi connectivity index (χ1) is 24.9. The molecule has 3 N–H and O–H groups in total. The van der Waals surface area contributed by atoms with Crippen molar-refractivity contribution in [3.05, 3.63) is 59.2 Å². The molecule has 2 aliphatic carbocycles. The van der Waals surface area contributed by atoms with E-state index in [9.17, 15) is 27.9 Å². The topological polar surface area (TPSA) is 159 Å². The van der Waals surface area contributed by atoms with Gasteiger partial charge in [0.15, 0.2) is 11.8 Å². The van der Waals surface area contributed by atoms with E-state index in [1.807, 2.05) is 16.8 Å². The number of aromatic nitrogens is 5. The van der Waals surface area contributed by atoms with Crippen LogP contribution in [-0.2, 0) is 27.0 Å². The van der Waals surface area contributed by atoms with Crippen molar-refractivity contribution in [2.75, 3.05) is 57.2 Å². The van der Waals surface area contributed by atoms with E-state index in [1.54, 1.807) is 31.5 Å². The maximum atomic E-state index is 14.2. The highest BCUT2D eigenvalue weighted by molar-refractivity contribution is 6.03. The number of carboxylic acid groups (broad SMARTS) is 1. The molecule has 4 aromatic rings. The van der Waals surface area contributed by atoms with Crippen molar-refractivity contribution in [2.24, 2.45) is 5.41 Å². The van der Waals surface area contributed by atoms with Gasteiger partial charge in [-0.05, 0) is 49.4 Å². The third-order valence-electron chi connectivity index (χ3n) is 10.1. The fourth-order valence-electron chi connectivity index (χ4n) is 7.45. The van der Waals surface area contributed by atoms with Gasteiger partial charge in [0.25, 0.3) is 5.91 Å². The monoisotopic (exact) mass is 722 g/mol. The summed E-state index contributed by atoms with van der Waals surface area (Å²) in [5, 5.41) is 12.0. The molecule has 7 rings (SSSR count). The Morgan fingerprint density at radius 1 is 1.15 bits per heavy atom. The molecule has 1 unspecified atom stereocenters. The highest BCUT2D eigenvalue weighted by Crippen LogP contribution is 2.46. The fraction of sp³-hybridized carbons (Fsp3) is 0.500. The van der Waals surface area contributed by atoms with Gasteiger partial charge in [0, 0.05) is 69.6 Å². The first-order valence-electron chi connectivity index (χ1n) is 17.4. The van der Waals surface area contributed by atoms with E-state index in [0.717, 1.165) is 37.3 Å². The van der Waals surface area contributed by atoms with Crippen LogP contribution < -0.4 is 10.2 Å². The molecule has 5 heterocycles. The summed E-state index contributed by atoms with van der Waals surface area (Å²) in [5.41, 5.74) is 2.04. The second-order valence-electron chi connectivity index (χ2n) is 14.2. The number of carboxylic acids is 1. The summed E-state index contributed by atoms with van der Waals surface area (Å²) in [6, 6.07) is 6.19. The Morgan fingerprint density at radius 3 is 2.62 bits per heavy atom. The Hall–Kier alpha value is -4.67. The number of alkyl halides is 3. The van der Waals surface area contributed by atoms with Crippen molar-refractivity contribution in [2.45, 2.75) is 63.3 Å². The quantitative estimate of drug-likeness (QED) is 0.170. The van der Waals surface area contributed by atoms with Crippen molar-refractivity contribution in [1.82, 2.24) is 29.8 Å². The lowest BCUT2D eigenvalue weighted by Crippen LogP contribution is -2.45. The predicted octanol–water partition coefficient (Wildman–Crippen LogP) is 5.49. The molecule has 0 bridgehead atoms. The maximum absolute atomic E-state index is 14.2. The molecule has 4 aromatic heterocycles. The van der Waals surface area contributed by atoms with Crippen LogP contribution in [0, 0.1) is 5.41 Å². The Morgan fingerprint density at radius 2 is 1.94 bits per heavy atom. The lowest BCUT2D eigenvalue weighted by atomic mass is 9.86. The molecule has 3 fully saturated rings. The van der Waals surface area contributed by atoms with Crippen LogP contribution in [0.25, 0.3) is 22.4 Å². The number of nitrogens with one attached hydrogen (secondary N) is 2. The molecule has 3 aliphatic rings. The SMILES string of the molecule is COCC1(CN(C)c2cc(-c3cnc(C4CC4)c(C(F)(F)F)c3)nc3nc(NC(=O)c4ccc(CN5CCOC(C(=O)O)C5)cn4)[nH]c23)CCCC1. The van der Waals surface area contributed by atoms with Gasteiger partial charge in [-0.1, -0.05) is 18.9 Å². The zero-order valence-corrected chi connectivity index (χ0v) is 29.0. The number of anilines is 2. The van der Waals surface area contributed by atoms with Crippen LogP contribution in [0.3, 0.4) is 0 Å². The zero-order valence-electron chi connectivity index (χ0n) is 29.0. The fourth-order valence-corrected chi connectivity index (χ4v) is 7.45. The molecule has 0 spiro atoms. The van der Waals surface area contributed by atoms with Gasteiger partial charge in [0.2, 0.25) is 5.95 Å². The van der Waals surface area contributed by atoms with Gasteiger partial charge in [-0.15, -0.1) is 0 Å². The lowest BCUT2D eigenvalue weighted by molar-refractivity contribution is -0.156. The van der Waals surface area contributed by atoms with E-state index in [-0.39, 0.29) is 52.1 Å². The van der Waals surface area contributed by atoms with E-state index in [1.165, 1.54) is 6.20 Å². The molecule has 2 saturated carbocycles. The van der Waals surface area contributed by atoms with Crippen LogP contribution >= 0.6 is 0 Å². The second kappa shape index (κ2) is 14.4. The van der Waals surface area contributed by atoms with Gasteiger partial charge in [-0.2, -0.15) is 18.2 Å². The number of carbonyl (C=O) groups is 2. The molecule has 13 nitrogen and oxygen atoms in total. The summed E-state index contributed by atoms with van der Waals surface area (Å²) in [4.78, 5) is 49.6. The molecule has 1 atom stereocenters. The molecular weight excluding hydrogens is 681 g/mol. The molecule has 0 aromatic carbocycles. The van der Waals surface area contributed by atoms with E-state index < -0.39 is 29.7 Å². The first kappa shape index (κ1) is 35.7. The third-order valence-corrected chi connectivity index (χ3v) is 10.1. The number of methoxy groups -OCH3 is 1. The Balaban J connectivity index is 1.17. The summed E-state index contributed by atoms with van der Waals surface area (Å²) in [5.74, 6) is -1.63. The number of halogens is 3. The number of hydrogen-bond acceptors (Lipinski definition) is 10. The Bertz CT molecular complexity index is 1940. The normalized spacial score (nSPS) is 19.2. The minimum atomic E-state index is -4.57. The summed E-state index contributed by atoms with van der Waals surface area (Å²) >= 11 is 0. The number of nitrogens with zero attached hydrogens (tertiary/aromatic N) is 6. The molecular formula is C36H41F3N8O5. The van der Waals surface area contributed by atoms with E-state index >= 15 is 0 Å². The molecule has 52 heavy (non-hydrogen) atoms. The predicted molar refractivity (Wildman–Crippen MR) is 185 cm³/mol. The third kappa shape index (κ3) is 7.73. The minimum Gasteiger partial charge on any atom is -0.479 e. The average Bonchev–Trinajstić information content (AvgIpc) is 3.73. The van der Waals surface area contributed by atoms with Crippen LogP contribution in [0.15, 0.2) is 36.7 Å². The Labute approximate surface area is 298 Å². The van der Waals surface area contributed by atoms with Gasteiger partial charge in [0.1, 0.15) is 11.2 Å². The summed E-state index contributed by atoms with van der Waals surface area (Å²) < 4.78 is 53.5. The van der Waals surface area contributed by atoms with Crippen LogP contribution in [0.4, 0.5) is 24.8 Å². The number of pyridine rings is 3. The molecule has 1 amide bonds. The number of rotatable bonds is 12. The van der Waals surface area contributed by atoms with Gasteiger partial charge in [0.05, 0.1) is 35.9 Å². The smallest absolute Gasteiger partial charge is 0.418 e. The zero-order chi connectivity index (χ0) is 36.6. The molecule has 1 aliphatic heterocycles. The van der Waals surface area contributed by atoms with Crippen molar-refractivity contribution in [1.29, 1.82) is 0 Å². The van der Waals surface area contributed by atoms with Crippen molar-refractivity contribution < 1.29 is 37.3 Å². The lowest BCUT2D eigenvalue weighted by Gasteiger charge is -2.34. The van der Waals surface area contributed by atoms with Crippen LogP contribution in [0.5, 0.6) is 0 Å². The number of aromatic amines is 1. The number of amides is 1. The summed E-state index contributed by atoms with van der Waals surface area (Å²) in [6.45, 7) is 2.78. The number of aliphatic carboxylic acids is 1. The van der Waals surface area contributed by atoms with Crippen molar-refractivity contribution >= 4 is 34.7 Å². The van der Waals surface area contributed by atoms with Crippen molar-refractivity contribution in [3.63, 3.8) is 0 Å². The molecule has 276 valence electrons. The minimum absolute atomic E-state index is 0.0664. The highest BCUT2D eigenvalue weighted by atomic mass is 19.4. The van der Waals surface area contributed by atoms with Crippen LogP contribution in [0.1, 0.15) is 71.8 Å². The number of ether oxygens (including phenoxy) is 2. The number of imidazole rings is 1. The van der Waals surface area contributed by atoms with Gasteiger partial charge < -0.3 is 24.5 Å². The number of H-pyrrole nitrogens is 1. The van der Waals surface area contributed by atoms with Gasteiger partial charge >= 0.3 is 12.1 Å². The van der Waals surface area contributed by atoms with Gasteiger partial charge in [-0.25, -0.2) is 9.78 Å². The largest absolute Gasteiger partial charge is 0.479 e. The Kier molecular flexibility index (Phi) is 9.89. The van der Waals surface area contributed by atoms with Crippen molar-refractivity contribution in [3.8, 4) is 11.3 Å². The highest BCUT2D eigenvalue weighted by Gasteiger charge is 2.40. The van der Waals surface area contributed by atoms with Crippen LogP contribution in [0.2, 0.25) is 0 Å². The standard InChI is InChI=1S/C36H41F3N8O5/c1-46(19-35(20-51-2)9-3-4-10-35)27-14-26(23-13-24(36(37,38)39)29(41-16-23)22-6-7-22)42-31-30(27)43-34(44-31)45-32(48)25-8-5-21(15-40-25)17-47-11-12-52-28(18-47)33(49)50/h5,8,13-16,22,28H,3-4,6-7,9-12,17-20H2,1-2H3,(H,49,50)(H2,42,43,44,45,48). The first-order valence-corrected chi connectivity index (χ1v) is 17.4. The van der Waals surface area contributed by atoms with Gasteiger partial charge in [-0.3, -0.25) is 25.0 Å². The second-order valence-corrected chi connectivity index (χ2v) is 14.2. The van der Waals surface area contributed by atoms with Crippen LogP contribution in [-0.4, -0.2) is 99.9 Å². The summed E-state index contributed by atoms with van der Waals surface area (Å²) in [6.07, 6.45) is 3.06. The summed E-state index contributed by atoms with van der Waals surface area (Å²) in [7, 11) is 3.61. The molecule has 16 heteroatoms. The molecule has 1 saturated heterocycles. The maximum Gasteiger partial charge on any atom is 0.418 e. The van der Waals surface area contributed by atoms with E-state index in [2.05, 4.69) is 30.2 Å². The number of carbonyl (C=O) groups excluding carboxylic acids is 1. The van der Waals surface area contributed by atoms with E-state index in [0.29, 0.717) is 56.9 Å². The number of morpholine rings is 1. The number of fused-ring (bicyclic) bond motifs is 1. The molecule has 0 radical (unpaired) electrons.